The standard InChI is InChI=1S/C28H31BN6O3/c1-37-22-12-11-19(25(15-22)38-2)16-31-26-23(29)17-32-28(35-26)34-21-10-6-9-20(14-21)33-27(36)24(30)13-18-7-4-3-5-8-18/h3-12,14-15,17,24H,13,16,29-30H2,1-2H3,(H,33,36)(H2,31,32,34,35). The van der Waals surface area contributed by atoms with Gasteiger partial charge in [-0.05, 0) is 47.8 Å². The molecule has 0 aliphatic rings. The number of nitrogens with two attached hydrogens (primary N) is 1. The van der Waals surface area contributed by atoms with Crippen LogP contribution >= 0.6 is 0 Å². The summed E-state index contributed by atoms with van der Waals surface area (Å²) < 4.78 is 10.8. The highest BCUT2D eigenvalue weighted by Crippen LogP contribution is 2.25. The molecule has 5 N–H and O–H groups in total. The topological polar surface area (TPSA) is 123 Å². The fourth-order valence-electron chi connectivity index (χ4n) is 3.86. The van der Waals surface area contributed by atoms with E-state index in [1.165, 1.54) is 0 Å². The lowest BCUT2D eigenvalue weighted by Gasteiger charge is -2.15. The second-order valence-corrected chi connectivity index (χ2v) is 8.75. The molecule has 0 aliphatic carbocycles. The third kappa shape index (κ3) is 7.01. The van der Waals surface area contributed by atoms with E-state index in [1.54, 1.807) is 20.4 Å². The SMILES string of the molecule is Bc1cnc(Nc2cccc(NC(=O)C(N)Cc3ccccc3)c2)nc1NCc1ccc(OC)cc1OC. The zero-order chi connectivity index (χ0) is 26.9. The van der Waals surface area contributed by atoms with Crippen molar-refractivity contribution < 1.29 is 14.3 Å². The third-order valence-corrected chi connectivity index (χ3v) is 5.93. The summed E-state index contributed by atoms with van der Waals surface area (Å²) in [5, 5.41) is 9.45. The number of nitrogens with zero attached hydrogens (tertiary/aromatic N) is 2. The Morgan fingerprint density at radius 2 is 1.79 bits per heavy atom. The molecule has 0 radical (unpaired) electrons. The van der Waals surface area contributed by atoms with Crippen LogP contribution in [0.25, 0.3) is 0 Å². The summed E-state index contributed by atoms with van der Waals surface area (Å²) in [4.78, 5) is 21.7. The molecule has 10 heteroatoms. The maximum absolute atomic E-state index is 12.6. The second kappa shape index (κ2) is 12.6. The molecular weight excluding hydrogens is 479 g/mol. The maximum Gasteiger partial charge on any atom is 0.241 e. The quantitative estimate of drug-likeness (QED) is 0.227. The van der Waals surface area contributed by atoms with Gasteiger partial charge in [-0.1, -0.05) is 36.4 Å². The number of benzene rings is 3. The lowest BCUT2D eigenvalue weighted by atomic mass is 9.99. The van der Waals surface area contributed by atoms with Crippen molar-refractivity contribution in [2.45, 2.75) is 19.0 Å². The number of aromatic nitrogens is 2. The molecule has 38 heavy (non-hydrogen) atoms. The van der Waals surface area contributed by atoms with Crippen LogP contribution in [0.3, 0.4) is 0 Å². The Hall–Kier alpha value is -4.57. The molecule has 0 bridgehead atoms. The molecule has 0 spiro atoms. The first kappa shape index (κ1) is 26.5. The van der Waals surface area contributed by atoms with Gasteiger partial charge in [0, 0.05) is 35.7 Å². The van der Waals surface area contributed by atoms with E-state index in [0.29, 0.717) is 30.4 Å². The van der Waals surface area contributed by atoms with E-state index < -0.39 is 6.04 Å². The number of methoxy groups -OCH3 is 2. The van der Waals surface area contributed by atoms with Crippen LogP contribution in [-0.2, 0) is 17.8 Å². The van der Waals surface area contributed by atoms with Crippen molar-refractivity contribution in [3.8, 4) is 11.5 Å². The van der Waals surface area contributed by atoms with Crippen molar-refractivity contribution >= 4 is 42.4 Å². The Morgan fingerprint density at radius 1 is 1.00 bits per heavy atom. The summed E-state index contributed by atoms with van der Waals surface area (Å²) in [7, 11) is 5.19. The minimum absolute atomic E-state index is 0.252. The normalized spacial score (nSPS) is 11.3. The predicted molar refractivity (Wildman–Crippen MR) is 154 cm³/mol. The number of hydrogen-bond acceptors (Lipinski definition) is 8. The van der Waals surface area contributed by atoms with Gasteiger partial charge in [0.25, 0.3) is 0 Å². The van der Waals surface area contributed by atoms with Gasteiger partial charge < -0.3 is 31.2 Å². The molecule has 1 atom stereocenters. The minimum atomic E-state index is -0.660. The number of amides is 1. The fourth-order valence-corrected chi connectivity index (χ4v) is 3.86. The highest BCUT2D eigenvalue weighted by molar-refractivity contribution is 6.35. The van der Waals surface area contributed by atoms with Crippen LogP contribution in [0.15, 0.2) is 79.0 Å². The van der Waals surface area contributed by atoms with Gasteiger partial charge in [0.05, 0.1) is 20.3 Å². The van der Waals surface area contributed by atoms with Crippen LogP contribution in [0, 0.1) is 0 Å². The monoisotopic (exact) mass is 510 g/mol. The largest absolute Gasteiger partial charge is 0.497 e. The third-order valence-electron chi connectivity index (χ3n) is 5.93. The van der Waals surface area contributed by atoms with Gasteiger partial charge in [-0.25, -0.2) is 4.98 Å². The van der Waals surface area contributed by atoms with Gasteiger partial charge in [-0.3, -0.25) is 4.79 Å². The Bertz CT molecular complexity index is 1390. The maximum atomic E-state index is 12.6. The molecule has 0 aliphatic heterocycles. The molecule has 0 saturated carbocycles. The molecule has 0 saturated heterocycles. The Kier molecular flexibility index (Phi) is 8.79. The lowest BCUT2D eigenvalue weighted by molar-refractivity contribution is -0.117. The first-order valence-electron chi connectivity index (χ1n) is 12.2. The molecule has 9 nitrogen and oxygen atoms in total. The van der Waals surface area contributed by atoms with Gasteiger partial charge in [0.15, 0.2) is 0 Å². The summed E-state index contributed by atoms with van der Waals surface area (Å²) >= 11 is 0. The van der Waals surface area contributed by atoms with Gasteiger partial charge in [-0.2, -0.15) is 4.98 Å². The minimum Gasteiger partial charge on any atom is -0.497 e. The van der Waals surface area contributed by atoms with E-state index >= 15 is 0 Å². The van der Waals surface area contributed by atoms with Crippen LogP contribution in [0.1, 0.15) is 11.1 Å². The predicted octanol–water partition coefficient (Wildman–Crippen LogP) is 2.62. The van der Waals surface area contributed by atoms with E-state index in [1.807, 2.05) is 80.6 Å². The first-order valence-corrected chi connectivity index (χ1v) is 12.2. The van der Waals surface area contributed by atoms with Crippen molar-refractivity contribution in [2.24, 2.45) is 5.73 Å². The van der Waals surface area contributed by atoms with Crippen LogP contribution in [0.5, 0.6) is 11.5 Å². The summed E-state index contributed by atoms with van der Waals surface area (Å²) in [6.45, 7) is 0.509. The zero-order valence-corrected chi connectivity index (χ0v) is 21.7. The molecule has 4 aromatic rings. The van der Waals surface area contributed by atoms with Crippen LogP contribution in [0.4, 0.5) is 23.1 Å². The molecule has 1 aromatic heterocycles. The average molecular weight is 510 g/mol. The highest BCUT2D eigenvalue weighted by atomic mass is 16.5. The number of hydrogen-bond donors (Lipinski definition) is 4. The summed E-state index contributed by atoms with van der Waals surface area (Å²) in [6.07, 6.45) is 2.21. The molecular formula is C28H31BN6O3. The number of carbonyl (C=O) groups is 1. The highest BCUT2D eigenvalue weighted by Gasteiger charge is 2.15. The van der Waals surface area contributed by atoms with Crippen LogP contribution < -0.4 is 36.6 Å². The molecule has 194 valence electrons. The lowest BCUT2D eigenvalue weighted by Crippen LogP contribution is -2.37. The van der Waals surface area contributed by atoms with Gasteiger partial charge >= 0.3 is 0 Å². The van der Waals surface area contributed by atoms with Gasteiger partial charge in [0.2, 0.25) is 11.9 Å². The number of carbonyl (C=O) groups excluding carboxylic acids is 1. The molecule has 1 amide bonds. The Morgan fingerprint density at radius 3 is 2.55 bits per heavy atom. The van der Waals surface area contributed by atoms with E-state index in [-0.39, 0.29) is 5.91 Å². The van der Waals surface area contributed by atoms with Crippen molar-refractivity contribution in [1.82, 2.24) is 9.97 Å². The second-order valence-electron chi connectivity index (χ2n) is 8.75. The van der Waals surface area contributed by atoms with Crippen molar-refractivity contribution in [3.63, 3.8) is 0 Å². The number of anilines is 4. The van der Waals surface area contributed by atoms with Crippen LogP contribution in [0.2, 0.25) is 0 Å². The Labute approximate surface area is 223 Å². The number of ether oxygens (including phenoxy) is 2. The first-order chi connectivity index (χ1) is 18.4. The number of rotatable bonds is 11. The molecule has 1 heterocycles. The van der Waals surface area contributed by atoms with E-state index in [9.17, 15) is 4.79 Å². The van der Waals surface area contributed by atoms with E-state index in [4.69, 9.17) is 15.2 Å². The van der Waals surface area contributed by atoms with E-state index in [2.05, 4.69) is 25.9 Å². The molecule has 3 aromatic carbocycles. The summed E-state index contributed by atoms with van der Waals surface area (Å²) in [5.41, 5.74) is 10.4. The molecule has 0 fully saturated rings. The molecule has 1 unspecified atom stereocenters. The van der Waals surface area contributed by atoms with Crippen molar-refractivity contribution in [3.05, 3.63) is 90.1 Å². The van der Waals surface area contributed by atoms with Crippen molar-refractivity contribution in [2.75, 3.05) is 30.2 Å². The van der Waals surface area contributed by atoms with Crippen LogP contribution in [-0.4, -0.2) is 44.0 Å². The van der Waals surface area contributed by atoms with Crippen molar-refractivity contribution in [1.29, 1.82) is 0 Å². The Balaban J connectivity index is 1.40. The zero-order valence-electron chi connectivity index (χ0n) is 21.7. The smallest absolute Gasteiger partial charge is 0.241 e. The summed E-state index contributed by atoms with van der Waals surface area (Å²) in [5.74, 6) is 2.31. The molecule has 4 rings (SSSR count). The van der Waals surface area contributed by atoms with Gasteiger partial charge in [-0.15, -0.1) is 0 Å². The fraction of sp³-hybridized carbons (Fsp3) is 0.179. The number of nitrogens with one attached hydrogen (secondary N) is 3. The summed E-state index contributed by atoms with van der Waals surface area (Å²) in [6, 6.07) is 22.1. The average Bonchev–Trinajstić information content (AvgIpc) is 2.94. The van der Waals surface area contributed by atoms with Gasteiger partial charge in [0.1, 0.15) is 25.2 Å². The van der Waals surface area contributed by atoms with E-state index in [0.717, 1.165) is 33.8 Å².